The van der Waals surface area contributed by atoms with Crippen LogP contribution < -0.4 is 9.64 Å². The van der Waals surface area contributed by atoms with Gasteiger partial charge in [-0.15, -0.1) is 0 Å². The third-order valence-electron chi connectivity index (χ3n) is 5.22. The van der Waals surface area contributed by atoms with Crippen molar-refractivity contribution in [3.8, 4) is 5.75 Å². The topological polar surface area (TPSA) is 37.7 Å². The van der Waals surface area contributed by atoms with Crippen molar-refractivity contribution in [3.63, 3.8) is 0 Å². The number of methoxy groups -OCH3 is 1. The maximum Gasteiger partial charge on any atom is 0.270 e. The molecule has 0 bridgehead atoms. The van der Waals surface area contributed by atoms with Crippen LogP contribution in [0.3, 0.4) is 0 Å². The minimum Gasteiger partial charge on any atom is -0.495 e. The van der Waals surface area contributed by atoms with Crippen molar-refractivity contribution < 1.29 is 13.9 Å². The van der Waals surface area contributed by atoms with E-state index in [9.17, 15) is 9.18 Å². The molecular formula is C21H22FN3O2. The third-order valence-corrected chi connectivity index (χ3v) is 5.22. The Balaban J connectivity index is 1.51. The molecule has 3 aromatic rings. The Kier molecular flexibility index (Phi) is 4.48. The second-order valence-corrected chi connectivity index (χ2v) is 6.74. The lowest BCUT2D eigenvalue weighted by Crippen LogP contribution is -2.49. The average molecular weight is 367 g/mol. The lowest BCUT2D eigenvalue weighted by molar-refractivity contribution is 0.0737. The zero-order chi connectivity index (χ0) is 19.0. The molecule has 0 atom stereocenters. The summed E-state index contributed by atoms with van der Waals surface area (Å²) in [7, 11) is 3.51. The average Bonchev–Trinajstić information content (AvgIpc) is 3.03. The van der Waals surface area contributed by atoms with Crippen LogP contribution in [0.25, 0.3) is 10.9 Å². The van der Waals surface area contributed by atoms with E-state index < -0.39 is 0 Å². The van der Waals surface area contributed by atoms with Crippen LogP contribution in [0.2, 0.25) is 0 Å². The number of rotatable bonds is 3. The van der Waals surface area contributed by atoms with E-state index >= 15 is 0 Å². The van der Waals surface area contributed by atoms with Gasteiger partial charge in [0.25, 0.3) is 5.91 Å². The second kappa shape index (κ2) is 6.95. The first-order valence-electron chi connectivity index (χ1n) is 9.00. The third kappa shape index (κ3) is 3.12. The van der Waals surface area contributed by atoms with Crippen molar-refractivity contribution in [3.05, 3.63) is 60.0 Å². The molecule has 5 nitrogen and oxygen atoms in total. The fourth-order valence-electron chi connectivity index (χ4n) is 3.73. The number of carbonyl (C=O) groups excluding carboxylic acids is 1. The molecule has 0 spiro atoms. The Morgan fingerprint density at radius 2 is 1.78 bits per heavy atom. The molecule has 1 saturated heterocycles. The molecular weight excluding hydrogens is 345 g/mol. The number of fused-ring (bicyclic) bond motifs is 1. The lowest BCUT2D eigenvalue weighted by Gasteiger charge is -2.36. The summed E-state index contributed by atoms with van der Waals surface area (Å²) in [6.45, 7) is 2.74. The maximum atomic E-state index is 13.5. The summed E-state index contributed by atoms with van der Waals surface area (Å²) in [5, 5.41) is 0.744. The number of aromatic nitrogens is 1. The van der Waals surface area contributed by atoms with E-state index in [0.29, 0.717) is 18.8 Å². The summed E-state index contributed by atoms with van der Waals surface area (Å²) < 4.78 is 20.8. The van der Waals surface area contributed by atoms with Gasteiger partial charge in [-0.25, -0.2) is 4.39 Å². The highest BCUT2D eigenvalue weighted by atomic mass is 19.1. The zero-order valence-corrected chi connectivity index (χ0v) is 15.5. The number of halogens is 1. The summed E-state index contributed by atoms with van der Waals surface area (Å²) in [5.41, 5.74) is 2.49. The molecule has 140 valence electrons. The Hall–Kier alpha value is -3.02. The van der Waals surface area contributed by atoms with E-state index in [4.69, 9.17) is 4.74 Å². The van der Waals surface area contributed by atoms with Gasteiger partial charge in [-0.3, -0.25) is 4.79 Å². The molecule has 0 saturated carbocycles. The van der Waals surface area contributed by atoms with Crippen molar-refractivity contribution in [2.75, 3.05) is 38.2 Å². The van der Waals surface area contributed by atoms with Gasteiger partial charge in [0.05, 0.1) is 12.8 Å². The first-order valence-corrected chi connectivity index (χ1v) is 9.00. The predicted octanol–water partition coefficient (Wildman–Crippen LogP) is 3.29. The molecule has 1 aromatic heterocycles. The zero-order valence-electron chi connectivity index (χ0n) is 15.5. The van der Waals surface area contributed by atoms with Crippen LogP contribution in [0.1, 0.15) is 10.5 Å². The van der Waals surface area contributed by atoms with E-state index in [2.05, 4.69) is 4.90 Å². The van der Waals surface area contributed by atoms with Gasteiger partial charge in [0.15, 0.2) is 0 Å². The normalized spacial score (nSPS) is 14.6. The highest BCUT2D eigenvalue weighted by Gasteiger charge is 2.25. The Bertz CT molecular complexity index is 990. The maximum absolute atomic E-state index is 13.5. The first-order chi connectivity index (χ1) is 13.1. The van der Waals surface area contributed by atoms with Crippen LogP contribution in [0, 0.1) is 5.82 Å². The number of amides is 1. The molecule has 2 heterocycles. The second-order valence-electron chi connectivity index (χ2n) is 6.74. The van der Waals surface area contributed by atoms with E-state index in [0.717, 1.165) is 35.4 Å². The Morgan fingerprint density at radius 3 is 2.52 bits per heavy atom. The predicted molar refractivity (Wildman–Crippen MR) is 104 cm³/mol. The van der Waals surface area contributed by atoms with E-state index in [1.807, 2.05) is 40.8 Å². The molecule has 1 fully saturated rings. The van der Waals surface area contributed by atoms with Crippen LogP contribution >= 0.6 is 0 Å². The van der Waals surface area contributed by atoms with Gasteiger partial charge < -0.3 is 19.1 Å². The van der Waals surface area contributed by atoms with Gasteiger partial charge in [0, 0.05) is 44.1 Å². The largest absolute Gasteiger partial charge is 0.495 e. The molecule has 0 radical (unpaired) electrons. The highest BCUT2D eigenvalue weighted by Crippen LogP contribution is 2.29. The smallest absolute Gasteiger partial charge is 0.270 e. The number of carbonyl (C=O) groups is 1. The van der Waals surface area contributed by atoms with Crippen LogP contribution in [0.5, 0.6) is 5.75 Å². The molecule has 27 heavy (non-hydrogen) atoms. The summed E-state index contributed by atoms with van der Waals surface area (Å²) in [5.74, 6) is 0.527. The quantitative estimate of drug-likeness (QED) is 0.713. The van der Waals surface area contributed by atoms with Gasteiger partial charge in [-0.2, -0.15) is 0 Å². The molecule has 0 unspecified atom stereocenters. The summed E-state index contributed by atoms with van der Waals surface area (Å²) in [6, 6.07) is 14.3. The number of para-hydroxylation sites is 2. The summed E-state index contributed by atoms with van der Waals surface area (Å²) >= 11 is 0. The van der Waals surface area contributed by atoms with Crippen LogP contribution in [-0.4, -0.2) is 48.7 Å². The van der Waals surface area contributed by atoms with Gasteiger partial charge in [0.1, 0.15) is 17.3 Å². The first kappa shape index (κ1) is 17.4. The van der Waals surface area contributed by atoms with Crippen molar-refractivity contribution in [1.82, 2.24) is 9.47 Å². The van der Waals surface area contributed by atoms with Crippen LogP contribution in [-0.2, 0) is 7.05 Å². The van der Waals surface area contributed by atoms with Crippen molar-refractivity contribution >= 4 is 22.5 Å². The fraction of sp³-hybridized carbons (Fsp3) is 0.286. The number of aryl methyl sites for hydroxylation is 1. The minimum atomic E-state index is -0.294. The molecule has 0 N–H and O–H groups in total. The molecule has 6 heteroatoms. The number of piperazine rings is 1. The molecule has 1 aliphatic rings. The van der Waals surface area contributed by atoms with Gasteiger partial charge in [-0.1, -0.05) is 12.1 Å². The van der Waals surface area contributed by atoms with E-state index in [1.54, 1.807) is 19.2 Å². The van der Waals surface area contributed by atoms with Crippen molar-refractivity contribution in [2.45, 2.75) is 0 Å². The summed E-state index contributed by atoms with van der Waals surface area (Å²) in [6.07, 6.45) is 0. The van der Waals surface area contributed by atoms with Crippen molar-refractivity contribution in [2.24, 2.45) is 7.05 Å². The number of hydrogen-bond donors (Lipinski definition) is 0. The van der Waals surface area contributed by atoms with Gasteiger partial charge in [0.2, 0.25) is 0 Å². The molecule has 2 aromatic carbocycles. The van der Waals surface area contributed by atoms with Crippen LogP contribution in [0.15, 0.2) is 48.5 Å². The Morgan fingerprint density at radius 1 is 1.04 bits per heavy atom. The van der Waals surface area contributed by atoms with Crippen molar-refractivity contribution in [1.29, 1.82) is 0 Å². The lowest BCUT2D eigenvalue weighted by atomic mass is 10.2. The van der Waals surface area contributed by atoms with E-state index in [-0.39, 0.29) is 11.7 Å². The number of benzene rings is 2. The van der Waals surface area contributed by atoms with E-state index in [1.165, 1.54) is 12.1 Å². The van der Waals surface area contributed by atoms with Crippen LogP contribution in [0.4, 0.5) is 10.1 Å². The number of anilines is 1. The fourth-order valence-corrected chi connectivity index (χ4v) is 3.73. The SMILES string of the molecule is COc1ccccc1N1CCN(C(=O)c2cc3cc(F)ccc3n2C)CC1. The monoisotopic (exact) mass is 367 g/mol. The Labute approximate surface area is 157 Å². The molecule has 4 rings (SSSR count). The minimum absolute atomic E-state index is 0.0196. The molecule has 1 amide bonds. The number of ether oxygens (including phenoxy) is 1. The number of hydrogen-bond acceptors (Lipinski definition) is 3. The molecule has 1 aliphatic heterocycles. The highest BCUT2D eigenvalue weighted by molar-refractivity contribution is 5.98. The summed E-state index contributed by atoms with van der Waals surface area (Å²) in [4.78, 5) is 17.1. The molecule has 0 aliphatic carbocycles. The van der Waals surface area contributed by atoms with Gasteiger partial charge in [-0.05, 0) is 36.4 Å². The standard InChI is InChI=1S/C21H22FN3O2/c1-23-17-8-7-16(22)13-15(17)14-19(23)21(26)25-11-9-24(10-12-25)18-5-3-4-6-20(18)27-2/h3-8,13-14H,9-12H2,1-2H3. The van der Waals surface area contributed by atoms with Gasteiger partial charge >= 0.3 is 0 Å². The number of nitrogens with zero attached hydrogens (tertiary/aromatic N) is 3.